The Morgan fingerprint density at radius 3 is 2.40 bits per heavy atom. The van der Waals surface area contributed by atoms with Crippen molar-refractivity contribution in [1.29, 1.82) is 0 Å². The topological polar surface area (TPSA) is 34.6 Å². The van der Waals surface area contributed by atoms with Gasteiger partial charge in [0, 0.05) is 23.2 Å². The van der Waals surface area contributed by atoms with Crippen molar-refractivity contribution < 1.29 is 14.0 Å². The molecule has 1 aliphatic rings. The highest BCUT2D eigenvalue weighted by atomic mass is 19.1. The third kappa shape index (κ3) is 3.60. The Kier molecular flexibility index (Phi) is 4.81. The van der Waals surface area contributed by atoms with E-state index in [1.807, 2.05) is 47.5 Å². The van der Waals surface area contributed by atoms with Gasteiger partial charge in [-0.1, -0.05) is 30.3 Å². The summed E-state index contributed by atoms with van der Waals surface area (Å²) in [5.41, 5.74) is 5.50. The van der Waals surface area contributed by atoms with Crippen molar-refractivity contribution in [3.8, 4) is 11.5 Å². The fraction of sp³-hybridized carbons (Fsp3) is 0.160. The van der Waals surface area contributed by atoms with Crippen LogP contribution in [0.5, 0.6) is 11.5 Å². The molecule has 0 N–H and O–H groups in total. The number of fused-ring (bicyclic) bond motifs is 3. The number of pyridine rings is 1. The molecule has 1 aliphatic heterocycles. The Bertz CT molecular complexity index is 1190. The van der Waals surface area contributed by atoms with Crippen LogP contribution in [0.3, 0.4) is 0 Å². The summed E-state index contributed by atoms with van der Waals surface area (Å²) in [7, 11) is 0. The largest absolute Gasteiger partial charge is 0.457 e. The van der Waals surface area contributed by atoms with Gasteiger partial charge in [0.2, 0.25) is 0 Å². The summed E-state index contributed by atoms with van der Waals surface area (Å²) in [5.74, 6) is 1.02. The maximum atomic E-state index is 13.0. The average molecular weight is 400 g/mol. The average Bonchev–Trinajstić information content (AvgIpc) is 3.20. The van der Waals surface area contributed by atoms with Gasteiger partial charge in [-0.25, -0.2) is 4.39 Å². The quantitative estimate of drug-likeness (QED) is 0.413. The summed E-state index contributed by atoms with van der Waals surface area (Å²) >= 11 is 0. The molecule has 4 aromatic rings. The zero-order chi connectivity index (χ0) is 20.5. The standard InChI is InChI=1S/C25H21FN2O2/c1-17-22-14-15-28(25(22)23-4-2-3-5-24(23)27-17)29-16-18-6-10-20(11-7-18)30-21-12-8-19(26)9-13-21/h2-13H,14-16H2,1H3. The van der Waals surface area contributed by atoms with E-state index < -0.39 is 0 Å². The van der Waals surface area contributed by atoms with Crippen LogP contribution in [-0.4, -0.2) is 11.5 Å². The Balaban J connectivity index is 1.29. The van der Waals surface area contributed by atoms with Crippen LogP contribution in [0.1, 0.15) is 16.8 Å². The highest BCUT2D eigenvalue weighted by molar-refractivity contribution is 5.94. The fourth-order valence-corrected chi connectivity index (χ4v) is 3.84. The second-order valence-electron chi connectivity index (χ2n) is 7.37. The van der Waals surface area contributed by atoms with Crippen LogP contribution in [0.4, 0.5) is 10.1 Å². The van der Waals surface area contributed by atoms with Crippen molar-refractivity contribution in [3.05, 3.63) is 95.4 Å². The third-order valence-electron chi connectivity index (χ3n) is 5.34. The summed E-state index contributed by atoms with van der Waals surface area (Å²) in [5, 5.41) is 3.12. The van der Waals surface area contributed by atoms with Crippen LogP contribution in [-0.2, 0) is 17.9 Å². The van der Waals surface area contributed by atoms with Crippen molar-refractivity contribution in [3.63, 3.8) is 0 Å². The first kappa shape index (κ1) is 18.6. The third-order valence-corrected chi connectivity index (χ3v) is 5.34. The molecule has 3 aromatic carbocycles. The molecular formula is C25H21FN2O2. The molecule has 0 atom stereocenters. The molecule has 0 radical (unpaired) electrons. The molecule has 4 nitrogen and oxygen atoms in total. The Hall–Kier alpha value is -3.44. The molecule has 0 saturated heterocycles. The van der Waals surface area contributed by atoms with Gasteiger partial charge < -0.3 is 4.74 Å². The number of rotatable bonds is 5. The molecule has 0 saturated carbocycles. The van der Waals surface area contributed by atoms with Gasteiger partial charge in [0.25, 0.3) is 0 Å². The number of anilines is 1. The van der Waals surface area contributed by atoms with E-state index in [1.54, 1.807) is 12.1 Å². The molecule has 0 spiro atoms. The number of benzene rings is 3. The van der Waals surface area contributed by atoms with Gasteiger partial charge in [0.1, 0.15) is 17.3 Å². The second kappa shape index (κ2) is 7.76. The zero-order valence-corrected chi connectivity index (χ0v) is 16.6. The molecule has 1 aromatic heterocycles. The minimum absolute atomic E-state index is 0.280. The Morgan fingerprint density at radius 2 is 1.63 bits per heavy atom. The van der Waals surface area contributed by atoms with E-state index in [4.69, 9.17) is 14.6 Å². The maximum absolute atomic E-state index is 13.0. The molecule has 2 heterocycles. The van der Waals surface area contributed by atoms with Crippen LogP contribution in [0.15, 0.2) is 72.8 Å². The van der Waals surface area contributed by atoms with Crippen molar-refractivity contribution >= 4 is 16.6 Å². The summed E-state index contributed by atoms with van der Waals surface area (Å²) in [4.78, 5) is 10.9. The van der Waals surface area contributed by atoms with Crippen LogP contribution >= 0.6 is 0 Å². The van der Waals surface area contributed by atoms with E-state index in [0.717, 1.165) is 40.8 Å². The number of hydroxylamine groups is 1. The molecule has 0 aliphatic carbocycles. The summed E-state index contributed by atoms with van der Waals surface area (Å²) in [6.45, 7) is 3.35. The lowest BCUT2D eigenvalue weighted by Gasteiger charge is -2.21. The van der Waals surface area contributed by atoms with E-state index >= 15 is 0 Å². The highest BCUT2D eigenvalue weighted by Crippen LogP contribution is 2.37. The molecule has 5 rings (SSSR count). The number of ether oxygens (including phenoxy) is 1. The summed E-state index contributed by atoms with van der Waals surface area (Å²) in [6.07, 6.45) is 0.934. The predicted octanol–water partition coefficient (Wildman–Crippen LogP) is 5.97. The lowest BCUT2D eigenvalue weighted by atomic mass is 10.1. The van der Waals surface area contributed by atoms with Gasteiger partial charge in [0.15, 0.2) is 0 Å². The van der Waals surface area contributed by atoms with Gasteiger partial charge in [-0.3, -0.25) is 14.9 Å². The monoisotopic (exact) mass is 400 g/mol. The minimum Gasteiger partial charge on any atom is -0.457 e. The van der Waals surface area contributed by atoms with Crippen molar-refractivity contribution in [2.75, 3.05) is 11.6 Å². The molecule has 5 heteroatoms. The van der Waals surface area contributed by atoms with E-state index in [1.165, 1.54) is 17.7 Å². The fourth-order valence-electron chi connectivity index (χ4n) is 3.84. The van der Waals surface area contributed by atoms with Crippen LogP contribution in [0.2, 0.25) is 0 Å². The Labute approximate surface area is 174 Å². The normalized spacial score (nSPS) is 12.9. The number of halogens is 1. The number of hydrogen-bond acceptors (Lipinski definition) is 4. The molecule has 30 heavy (non-hydrogen) atoms. The van der Waals surface area contributed by atoms with E-state index in [0.29, 0.717) is 18.1 Å². The lowest BCUT2D eigenvalue weighted by Crippen LogP contribution is -2.21. The lowest BCUT2D eigenvalue weighted by molar-refractivity contribution is 0.100. The van der Waals surface area contributed by atoms with Crippen molar-refractivity contribution in [1.82, 2.24) is 4.98 Å². The number of para-hydroxylation sites is 1. The smallest absolute Gasteiger partial charge is 0.127 e. The predicted molar refractivity (Wildman–Crippen MR) is 115 cm³/mol. The first-order valence-corrected chi connectivity index (χ1v) is 9.98. The molecular weight excluding hydrogens is 379 g/mol. The number of hydrogen-bond donors (Lipinski definition) is 0. The SMILES string of the molecule is Cc1nc2ccccc2c2c1CCN2OCc1ccc(Oc2ccc(F)cc2)cc1. The molecule has 0 unspecified atom stereocenters. The number of aromatic nitrogens is 1. The minimum atomic E-state index is -0.280. The summed E-state index contributed by atoms with van der Waals surface area (Å²) < 4.78 is 18.8. The Morgan fingerprint density at radius 1 is 0.933 bits per heavy atom. The van der Waals surface area contributed by atoms with Gasteiger partial charge in [-0.2, -0.15) is 0 Å². The summed E-state index contributed by atoms with van der Waals surface area (Å²) in [6, 6.07) is 21.9. The van der Waals surface area contributed by atoms with Crippen molar-refractivity contribution in [2.24, 2.45) is 0 Å². The van der Waals surface area contributed by atoms with E-state index in [9.17, 15) is 4.39 Å². The van der Waals surface area contributed by atoms with E-state index in [2.05, 4.69) is 13.0 Å². The van der Waals surface area contributed by atoms with Gasteiger partial charge in [-0.05, 0) is 61.4 Å². The first-order chi connectivity index (χ1) is 14.7. The molecule has 0 bridgehead atoms. The van der Waals surface area contributed by atoms with Gasteiger partial charge in [-0.15, -0.1) is 0 Å². The first-order valence-electron chi connectivity index (χ1n) is 9.98. The number of aryl methyl sites for hydroxylation is 1. The molecule has 150 valence electrons. The molecule has 0 amide bonds. The zero-order valence-electron chi connectivity index (χ0n) is 16.6. The van der Waals surface area contributed by atoms with E-state index in [-0.39, 0.29) is 5.82 Å². The number of nitrogens with zero attached hydrogens (tertiary/aromatic N) is 2. The highest BCUT2D eigenvalue weighted by Gasteiger charge is 2.25. The van der Waals surface area contributed by atoms with Crippen molar-refractivity contribution in [2.45, 2.75) is 20.0 Å². The maximum Gasteiger partial charge on any atom is 0.127 e. The van der Waals surface area contributed by atoms with Gasteiger partial charge >= 0.3 is 0 Å². The van der Waals surface area contributed by atoms with Crippen LogP contribution < -0.4 is 9.80 Å². The van der Waals surface area contributed by atoms with Gasteiger partial charge in [0.05, 0.1) is 17.8 Å². The van der Waals surface area contributed by atoms with Crippen LogP contribution in [0, 0.1) is 12.7 Å². The molecule has 0 fully saturated rings. The second-order valence-corrected chi connectivity index (χ2v) is 7.37. The van der Waals surface area contributed by atoms with Crippen LogP contribution in [0.25, 0.3) is 10.9 Å².